The summed E-state index contributed by atoms with van der Waals surface area (Å²) in [6, 6.07) is 0. The van der Waals surface area contributed by atoms with Crippen LogP contribution in [-0.4, -0.2) is 34.3 Å². The highest BCUT2D eigenvalue weighted by atomic mass is 16.6. The van der Waals surface area contributed by atoms with Gasteiger partial charge in [0.05, 0.1) is 0 Å². The van der Waals surface area contributed by atoms with Crippen molar-refractivity contribution in [2.24, 2.45) is 28.6 Å². The quantitative estimate of drug-likeness (QED) is 0.464. The Kier molecular flexibility index (Phi) is 6.19. The fourth-order valence-corrected chi connectivity index (χ4v) is 8.21. The second-order valence-electron chi connectivity index (χ2n) is 11.4. The number of hydrogen-bond acceptors (Lipinski definition) is 5. The number of ether oxygens (including phenoxy) is 1. The fourth-order valence-electron chi connectivity index (χ4n) is 8.21. The minimum atomic E-state index is -1.44. The van der Waals surface area contributed by atoms with E-state index in [-0.39, 0.29) is 28.9 Å². The molecule has 0 unspecified atom stereocenters. The molecule has 3 fully saturated rings. The van der Waals surface area contributed by atoms with Gasteiger partial charge in [0.15, 0.2) is 11.6 Å². The molecule has 0 heterocycles. The first kappa shape index (κ1) is 23.7. The van der Waals surface area contributed by atoms with E-state index in [1.54, 1.807) is 0 Å². The number of aliphatic hydroxyl groups is 1. The van der Waals surface area contributed by atoms with Gasteiger partial charge >= 0.3 is 5.97 Å². The summed E-state index contributed by atoms with van der Waals surface area (Å²) in [4.78, 5) is 37.9. The highest BCUT2D eigenvalue weighted by Crippen LogP contribution is 2.68. The van der Waals surface area contributed by atoms with Crippen molar-refractivity contribution < 1.29 is 24.2 Å². The second-order valence-corrected chi connectivity index (χ2v) is 11.4. The molecule has 0 aromatic carbocycles. The van der Waals surface area contributed by atoms with Gasteiger partial charge < -0.3 is 9.84 Å². The highest BCUT2D eigenvalue weighted by molar-refractivity contribution is 5.92. The molecule has 0 aliphatic heterocycles. The Labute approximate surface area is 192 Å². The molecular weight excluding hydrogens is 404 g/mol. The maximum atomic E-state index is 13.1. The van der Waals surface area contributed by atoms with Gasteiger partial charge in [0.2, 0.25) is 5.60 Å². The largest absolute Gasteiger partial charge is 0.448 e. The van der Waals surface area contributed by atoms with Gasteiger partial charge in [-0.2, -0.15) is 0 Å². The van der Waals surface area contributed by atoms with Gasteiger partial charge in [0.1, 0.15) is 6.10 Å². The number of allylic oxidation sites excluding steroid dienone is 1. The lowest BCUT2D eigenvalue weighted by atomic mass is 9.46. The molecule has 32 heavy (non-hydrogen) atoms. The number of carbonyl (C=O) groups is 3. The van der Waals surface area contributed by atoms with Gasteiger partial charge in [0, 0.05) is 18.3 Å². The topological polar surface area (TPSA) is 80.7 Å². The van der Waals surface area contributed by atoms with Crippen LogP contribution >= 0.6 is 0 Å². The Morgan fingerprint density at radius 3 is 2.56 bits per heavy atom. The van der Waals surface area contributed by atoms with Gasteiger partial charge in [-0.15, -0.1) is 0 Å². The van der Waals surface area contributed by atoms with Gasteiger partial charge in [-0.1, -0.05) is 39.2 Å². The Balaban J connectivity index is 1.64. The van der Waals surface area contributed by atoms with Gasteiger partial charge in [-0.3, -0.25) is 14.4 Å². The van der Waals surface area contributed by atoms with Crippen molar-refractivity contribution in [1.82, 2.24) is 0 Å². The third-order valence-corrected chi connectivity index (χ3v) is 9.93. The predicted octanol–water partition coefficient (Wildman–Crippen LogP) is 4.94. The number of esters is 1. The van der Waals surface area contributed by atoms with Gasteiger partial charge in [-0.05, 0) is 81.1 Å². The molecule has 3 saturated carbocycles. The molecule has 1 N–H and O–H groups in total. The summed E-state index contributed by atoms with van der Waals surface area (Å²) in [5, 5.41) is 11.3. The van der Waals surface area contributed by atoms with Crippen LogP contribution in [0.15, 0.2) is 11.6 Å². The number of ketones is 2. The van der Waals surface area contributed by atoms with E-state index in [9.17, 15) is 19.5 Å². The van der Waals surface area contributed by atoms with E-state index in [0.717, 1.165) is 51.4 Å². The average Bonchev–Trinajstić information content (AvgIpc) is 2.96. The average molecular weight is 445 g/mol. The molecule has 5 nitrogen and oxygen atoms in total. The molecule has 0 aromatic heterocycles. The molecule has 0 bridgehead atoms. The summed E-state index contributed by atoms with van der Waals surface area (Å²) in [5.74, 6) is 0.632. The SMILES string of the molecule is CCCCCC(=O)O[C@]1(C(C)=O)[C@H](O)C[C@H]2[C@@H]3CCC4=CC(=O)CC[C@]4(C)[C@H]3CC[C@@]21C. The zero-order valence-electron chi connectivity index (χ0n) is 20.2. The van der Waals surface area contributed by atoms with Crippen molar-refractivity contribution in [3.63, 3.8) is 0 Å². The first-order valence-corrected chi connectivity index (χ1v) is 12.7. The molecule has 0 radical (unpaired) electrons. The Morgan fingerprint density at radius 2 is 1.88 bits per heavy atom. The van der Waals surface area contributed by atoms with Crippen LogP contribution in [0.3, 0.4) is 0 Å². The van der Waals surface area contributed by atoms with Crippen LogP contribution in [0.5, 0.6) is 0 Å². The number of aliphatic hydroxyl groups excluding tert-OH is 1. The summed E-state index contributed by atoms with van der Waals surface area (Å²) in [6.45, 7) is 7.98. The maximum absolute atomic E-state index is 13.1. The first-order valence-electron chi connectivity index (χ1n) is 12.7. The van der Waals surface area contributed by atoms with Crippen molar-refractivity contribution in [3.05, 3.63) is 11.6 Å². The molecule has 0 saturated heterocycles. The fraction of sp³-hybridized carbons (Fsp3) is 0.815. The molecule has 0 aromatic rings. The Morgan fingerprint density at radius 1 is 1.12 bits per heavy atom. The van der Waals surface area contributed by atoms with Crippen LogP contribution in [-0.2, 0) is 19.1 Å². The molecule has 178 valence electrons. The summed E-state index contributed by atoms with van der Waals surface area (Å²) >= 11 is 0. The number of hydrogen-bond donors (Lipinski definition) is 1. The monoisotopic (exact) mass is 444 g/mol. The van der Waals surface area contributed by atoms with Crippen LogP contribution in [0, 0.1) is 28.6 Å². The predicted molar refractivity (Wildman–Crippen MR) is 122 cm³/mol. The number of fused-ring (bicyclic) bond motifs is 5. The summed E-state index contributed by atoms with van der Waals surface area (Å²) in [5.41, 5.74) is -0.660. The Hall–Kier alpha value is -1.49. The third-order valence-electron chi connectivity index (χ3n) is 9.93. The highest BCUT2D eigenvalue weighted by Gasteiger charge is 2.71. The van der Waals surface area contributed by atoms with Crippen LogP contribution in [0.4, 0.5) is 0 Å². The van der Waals surface area contributed by atoms with Crippen molar-refractivity contribution in [2.75, 3.05) is 0 Å². The number of Topliss-reactive ketones (excluding diaryl/α,β-unsaturated/α-hetero) is 1. The van der Waals surface area contributed by atoms with Gasteiger partial charge in [-0.25, -0.2) is 0 Å². The lowest BCUT2D eigenvalue weighted by molar-refractivity contribution is -0.201. The van der Waals surface area contributed by atoms with E-state index in [4.69, 9.17) is 4.74 Å². The molecule has 4 aliphatic carbocycles. The molecule has 4 aliphatic rings. The summed E-state index contributed by atoms with van der Waals surface area (Å²) in [6.07, 6.45) is 9.55. The summed E-state index contributed by atoms with van der Waals surface area (Å²) < 4.78 is 6.02. The molecule has 4 rings (SSSR count). The van der Waals surface area contributed by atoms with Crippen LogP contribution < -0.4 is 0 Å². The molecule has 0 amide bonds. The molecule has 7 atom stereocenters. The third kappa shape index (κ3) is 3.33. The second kappa shape index (κ2) is 8.38. The van der Waals surface area contributed by atoms with Crippen LogP contribution in [0.25, 0.3) is 0 Å². The van der Waals surface area contributed by atoms with Crippen molar-refractivity contribution >= 4 is 17.5 Å². The lowest BCUT2D eigenvalue weighted by Gasteiger charge is -2.59. The van der Waals surface area contributed by atoms with E-state index in [0.29, 0.717) is 31.1 Å². The zero-order valence-corrected chi connectivity index (χ0v) is 20.2. The van der Waals surface area contributed by atoms with E-state index in [2.05, 4.69) is 20.8 Å². The lowest BCUT2D eigenvalue weighted by Crippen LogP contribution is -2.61. The number of rotatable bonds is 6. The minimum absolute atomic E-state index is 0.0292. The zero-order chi connectivity index (χ0) is 23.3. The Bertz CT molecular complexity index is 830. The van der Waals surface area contributed by atoms with E-state index in [1.165, 1.54) is 12.5 Å². The first-order chi connectivity index (χ1) is 15.1. The summed E-state index contributed by atoms with van der Waals surface area (Å²) in [7, 11) is 0. The number of carbonyl (C=O) groups excluding carboxylic acids is 3. The van der Waals surface area contributed by atoms with E-state index < -0.39 is 17.1 Å². The molecular formula is C27H40O5. The van der Waals surface area contributed by atoms with Crippen LogP contribution in [0.1, 0.15) is 98.3 Å². The number of unbranched alkanes of at least 4 members (excludes halogenated alkanes) is 2. The normalized spacial score (nSPS) is 43.0. The maximum Gasteiger partial charge on any atom is 0.306 e. The molecule has 0 spiro atoms. The van der Waals surface area contributed by atoms with E-state index in [1.807, 2.05) is 6.08 Å². The minimum Gasteiger partial charge on any atom is -0.448 e. The van der Waals surface area contributed by atoms with E-state index >= 15 is 0 Å². The van der Waals surface area contributed by atoms with Crippen LogP contribution in [0.2, 0.25) is 0 Å². The molecule has 5 heteroatoms. The van der Waals surface area contributed by atoms with Crippen molar-refractivity contribution in [2.45, 2.75) is 110 Å². The standard InChI is InChI=1S/C27H40O5/c1-5-6-7-8-24(31)32-27(17(2)28)23(30)16-22-20-10-9-18-15-19(29)11-13-25(18,3)21(20)12-14-26(22,27)4/h15,20-23,30H,5-14,16H2,1-4H3/t20-,21+,22+,23-,25+,26+,27-/m1/s1. The van der Waals surface area contributed by atoms with Crippen molar-refractivity contribution in [3.8, 4) is 0 Å². The smallest absolute Gasteiger partial charge is 0.306 e. The van der Waals surface area contributed by atoms with Gasteiger partial charge in [0.25, 0.3) is 0 Å². The van der Waals surface area contributed by atoms with Crippen molar-refractivity contribution in [1.29, 1.82) is 0 Å².